The molecule has 0 atom stereocenters. The number of pyridine rings is 1. The lowest BCUT2D eigenvalue weighted by molar-refractivity contribution is 1.28. The standard InChI is InChI=1S/C15H15N3/c1-10-3-5-13-12(7-10)8-14(18-13)11-4-6-15(16-2)17-9-11/h3-9,18H,1-2H3,(H,16,17). The van der Waals surface area contributed by atoms with Gasteiger partial charge >= 0.3 is 0 Å². The summed E-state index contributed by atoms with van der Waals surface area (Å²) >= 11 is 0. The predicted molar refractivity (Wildman–Crippen MR) is 75.8 cm³/mol. The van der Waals surface area contributed by atoms with Crippen molar-refractivity contribution in [3.8, 4) is 11.3 Å². The van der Waals surface area contributed by atoms with Gasteiger partial charge < -0.3 is 10.3 Å². The quantitative estimate of drug-likeness (QED) is 0.715. The van der Waals surface area contributed by atoms with Crippen LogP contribution >= 0.6 is 0 Å². The van der Waals surface area contributed by atoms with Gasteiger partial charge in [-0.25, -0.2) is 4.98 Å². The number of aromatic amines is 1. The summed E-state index contributed by atoms with van der Waals surface area (Å²) in [5, 5.41) is 4.26. The molecule has 90 valence electrons. The first-order valence-corrected chi connectivity index (χ1v) is 6.00. The molecule has 2 N–H and O–H groups in total. The smallest absolute Gasteiger partial charge is 0.125 e. The normalized spacial score (nSPS) is 10.8. The van der Waals surface area contributed by atoms with Gasteiger partial charge in [0.15, 0.2) is 0 Å². The molecule has 0 saturated heterocycles. The van der Waals surface area contributed by atoms with Gasteiger partial charge in [-0.1, -0.05) is 11.6 Å². The third-order valence-corrected chi connectivity index (χ3v) is 3.11. The lowest BCUT2D eigenvalue weighted by atomic mass is 10.1. The van der Waals surface area contributed by atoms with Crippen molar-refractivity contribution in [3.63, 3.8) is 0 Å². The van der Waals surface area contributed by atoms with Crippen molar-refractivity contribution in [1.82, 2.24) is 9.97 Å². The molecule has 0 saturated carbocycles. The monoisotopic (exact) mass is 237 g/mol. The molecule has 0 aliphatic rings. The number of anilines is 1. The van der Waals surface area contributed by atoms with E-state index < -0.39 is 0 Å². The number of nitrogens with one attached hydrogen (secondary N) is 2. The van der Waals surface area contributed by atoms with Crippen molar-refractivity contribution < 1.29 is 0 Å². The van der Waals surface area contributed by atoms with Gasteiger partial charge in [-0.05, 0) is 37.3 Å². The Labute approximate surface area is 106 Å². The fraction of sp³-hybridized carbons (Fsp3) is 0.133. The Hall–Kier alpha value is -2.29. The van der Waals surface area contributed by atoms with Crippen LogP contribution in [0.4, 0.5) is 5.82 Å². The van der Waals surface area contributed by atoms with Crippen LogP contribution in [0.25, 0.3) is 22.2 Å². The SMILES string of the molecule is CNc1ccc(-c2cc3cc(C)ccc3[nH]2)cn1. The number of H-pyrrole nitrogens is 1. The van der Waals surface area contributed by atoms with Crippen LogP contribution in [0.5, 0.6) is 0 Å². The minimum absolute atomic E-state index is 0.880. The zero-order valence-corrected chi connectivity index (χ0v) is 10.5. The molecule has 1 aromatic carbocycles. The minimum Gasteiger partial charge on any atom is -0.373 e. The van der Waals surface area contributed by atoms with E-state index in [2.05, 4.69) is 52.5 Å². The van der Waals surface area contributed by atoms with E-state index in [0.717, 1.165) is 22.6 Å². The molecule has 0 spiro atoms. The van der Waals surface area contributed by atoms with Crippen molar-refractivity contribution in [2.45, 2.75) is 6.92 Å². The number of benzene rings is 1. The van der Waals surface area contributed by atoms with Crippen molar-refractivity contribution in [2.24, 2.45) is 0 Å². The van der Waals surface area contributed by atoms with Crippen LogP contribution in [0.15, 0.2) is 42.6 Å². The van der Waals surface area contributed by atoms with Crippen LogP contribution in [-0.2, 0) is 0 Å². The molecule has 0 aliphatic carbocycles. The Morgan fingerprint density at radius 1 is 1.11 bits per heavy atom. The van der Waals surface area contributed by atoms with E-state index in [4.69, 9.17) is 0 Å². The summed E-state index contributed by atoms with van der Waals surface area (Å²) in [5.41, 5.74) is 4.64. The van der Waals surface area contributed by atoms with Crippen LogP contribution < -0.4 is 5.32 Å². The van der Waals surface area contributed by atoms with E-state index in [1.54, 1.807) is 0 Å². The summed E-state index contributed by atoms with van der Waals surface area (Å²) in [6.45, 7) is 2.11. The first kappa shape index (κ1) is 10.8. The van der Waals surface area contributed by atoms with E-state index in [-0.39, 0.29) is 0 Å². The van der Waals surface area contributed by atoms with Crippen LogP contribution in [-0.4, -0.2) is 17.0 Å². The Morgan fingerprint density at radius 2 is 2.00 bits per heavy atom. The second-order valence-electron chi connectivity index (χ2n) is 4.46. The van der Waals surface area contributed by atoms with Crippen molar-refractivity contribution in [2.75, 3.05) is 12.4 Å². The summed E-state index contributed by atoms with van der Waals surface area (Å²) in [6, 6.07) is 12.6. The minimum atomic E-state index is 0.880. The number of fused-ring (bicyclic) bond motifs is 1. The van der Waals surface area contributed by atoms with Crippen molar-refractivity contribution in [3.05, 3.63) is 48.2 Å². The number of rotatable bonds is 2. The van der Waals surface area contributed by atoms with E-state index in [9.17, 15) is 0 Å². The number of hydrogen-bond acceptors (Lipinski definition) is 2. The van der Waals surface area contributed by atoms with Gasteiger partial charge in [-0.2, -0.15) is 0 Å². The average molecular weight is 237 g/mol. The van der Waals surface area contributed by atoms with Gasteiger partial charge in [0.25, 0.3) is 0 Å². The molecular weight excluding hydrogens is 222 g/mol. The number of aromatic nitrogens is 2. The van der Waals surface area contributed by atoms with Crippen LogP contribution in [0.1, 0.15) is 5.56 Å². The molecule has 0 unspecified atom stereocenters. The highest BCUT2D eigenvalue weighted by molar-refractivity contribution is 5.86. The Kier molecular flexibility index (Phi) is 2.52. The molecule has 0 aliphatic heterocycles. The molecule has 0 fully saturated rings. The molecule has 0 radical (unpaired) electrons. The lowest BCUT2D eigenvalue weighted by Gasteiger charge is -2.00. The van der Waals surface area contributed by atoms with Gasteiger partial charge in [0.2, 0.25) is 0 Å². The average Bonchev–Trinajstić information content (AvgIpc) is 2.81. The summed E-state index contributed by atoms with van der Waals surface area (Å²) < 4.78 is 0. The molecule has 3 nitrogen and oxygen atoms in total. The molecule has 2 aromatic heterocycles. The second-order valence-corrected chi connectivity index (χ2v) is 4.46. The third kappa shape index (κ3) is 1.84. The third-order valence-electron chi connectivity index (χ3n) is 3.11. The first-order valence-electron chi connectivity index (χ1n) is 6.00. The molecule has 3 heteroatoms. The van der Waals surface area contributed by atoms with E-state index in [1.807, 2.05) is 19.3 Å². The van der Waals surface area contributed by atoms with E-state index >= 15 is 0 Å². The first-order chi connectivity index (χ1) is 8.76. The maximum atomic E-state index is 4.33. The zero-order chi connectivity index (χ0) is 12.5. The Balaban J connectivity index is 2.07. The molecular formula is C15H15N3. The van der Waals surface area contributed by atoms with E-state index in [0.29, 0.717) is 0 Å². The molecule has 3 rings (SSSR count). The highest BCUT2D eigenvalue weighted by Crippen LogP contribution is 2.24. The highest BCUT2D eigenvalue weighted by atomic mass is 14.9. The highest BCUT2D eigenvalue weighted by Gasteiger charge is 2.03. The Bertz CT molecular complexity index is 681. The van der Waals surface area contributed by atoms with Gasteiger partial charge in [-0.3, -0.25) is 0 Å². The van der Waals surface area contributed by atoms with Gasteiger partial charge in [-0.15, -0.1) is 0 Å². The number of aryl methyl sites for hydroxylation is 1. The molecule has 0 amide bonds. The molecule has 18 heavy (non-hydrogen) atoms. The van der Waals surface area contributed by atoms with Gasteiger partial charge in [0.1, 0.15) is 5.82 Å². The molecule has 3 aromatic rings. The molecule has 2 heterocycles. The maximum Gasteiger partial charge on any atom is 0.125 e. The summed E-state index contributed by atoms with van der Waals surface area (Å²) in [5.74, 6) is 0.880. The fourth-order valence-electron chi connectivity index (χ4n) is 2.11. The topological polar surface area (TPSA) is 40.7 Å². The largest absolute Gasteiger partial charge is 0.373 e. The predicted octanol–water partition coefficient (Wildman–Crippen LogP) is 3.58. The van der Waals surface area contributed by atoms with Crippen LogP contribution in [0.2, 0.25) is 0 Å². The van der Waals surface area contributed by atoms with E-state index in [1.165, 1.54) is 10.9 Å². The Morgan fingerprint density at radius 3 is 2.72 bits per heavy atom. The van der Waals surface area contributed by atoms with Crippen molar-refractivity contribution in [1.29, 1.82) is 0 Å². The number of nitrogens with zero attached hydrogens (tertiary/aromatic N) is 1. The van der Waals surface area contributed by atoms with Crippen molar-refractivity contribution >= 4 is 16.7 Å². The zero-order valence-electron chi connectivity index (χ0n) is 10.5. The summed E-state index contributed by atoms with van der Waals surface area (Å²) in [4.78, 5) is 7.75. The summed E-state index contributed by atoms with van der Waals surface area (Å²) in [7, 11) is 1.87. The number of hydrogen-bond donors (Lipinski definition) is 2. The second kappa shape index (κ2) is 4.18. The molecule has 0 bridgehead atoms. The van der Waals surface area contributed by atoms with Crippen LogP contribution in [0.3, 0.4) is 0 Å². The van der Waals surface area contributed by atoms with Crippen LogP contribution in [0, 0.1) is 6.92 Å². The lowest BCUT2D eigenvalue weighted by Crippen LogP contribution is -1.91. The fourth-order valence-corrected chi connectivity index (χ4v) is 2.11. The summed E-state index contributed by atoms with van der Waals surface area (Å²) in [6.07, 6.45) is 1.88. The maximum absolute atomic E-state index is 4.33. The van der Waals surface area contributed by atoms with Gasteiger partial charge in [0, 0.05) is 35.4 Å². The van der Waals surface area contributed by atoms with Gasteiger partial charge in [0.05, 0.1) is 0 Å².